The summed E-state index contributed by atoms with van der Waals surface area (Å²) in [6.07, 6.45) is 1.93. The molecule has 0 radical (unpaired) electrons. The number of rotatable bonds is 4. The Hall–Kier alpha value is -0.650. The van der Waals surface area contributed by atoms with Crippen molar-refractivity contribution in [3.05, 3.63) is 37.7 Å². The van der Waals surface area contributed by atoms with Crippen molar-refractivity contribution in [2.45, 2.75) is 32.7 Å². The van der Waals surface area contributed by atoms with Gasteiger partial charge in [0.05, 0.1) is 5.69 Å². The summed E-state index contributed by atoms with van der Waals surface area (Å²) in [6, 6.07) is 2.15. The van der Waals surface area contributed by atoms with Crippen LogP contribution in [0, 0.1) is 13.8 Å². The van der Waals surface area contributed by atoms with E-state index in [1.54, 1.807) is 11.3 Å². The topological polar surface area (TPSA) is 43.8 Å². The molecular formula is C13H18BrN3S. The maximum atomic E-state index is 6.25. The first-order valence-corrected chi connectivity index (χ1v) is 7.65. The first-order chi connectivity index (χ1) is 8.50. The lowest BCUT2D eigenvalue weighted by molar-refractivity contribution is 0.655. The van der Waals surface area contributed by atoms with Crippen molar-refractivity contribution in [1.82, 2.24) is 9.78 Å². The molecule has 0 aromatic carbocycles. The second-order valence-electron chi connectivity index (χ2n) is 4.55. The predicted molar refractivity (Wildman–Crippen MR) is 80.0 cm³/mol. The molecule has 1 unspecified atom stereocenters. The fourth-order valence-corrected chi connectivity index (χ4v) is 3.89. The van der Waals surface area contributed by atoms with Crippen LogP contribution in [0.4, 0.5) is 0 Å². The van der Waals surface area contributed by atoms with Crippen LogP contribution in [0.2, 0.25) is 0 Å². The van der Waals surface area contributed by atoms with Crippen LogP contribution < -0.4 is 5.73 Å². The number of nitrogens with two attached hydrogens (primary N) is 1. The van der Waals surface area contributed by atoms with E-state index >= 15 is 0 Å². The summed E-state index contributed by atoms with van der Waals surface area (Å²) in [7, 11) is 1.99. The molecule has 2 N–H and O–H groups in total. The molecule has 1 atom stereocenters. The van der Waals surface area contributed by atoms with Crippen molar-refractivity contribution in [2.75, 3.05) is 0 Å². The van der Waals surface area contributed by atoms with Crippen LogP contribution in [0.5, 0.6) is 0 Å². The van der Waals surface area contributed by atoms with Crippen molar-refractivity contribution in [2.24, 2.45) is 12.8 Å². The smallest absolute Gasteiger partial charge is 0.0628 e. The first-order valence-electron chi connectivity index (χ1n) is 5.98. The van der Waals surface area contributed by atoms with Crippen molar-refractivity contribution < 1.29 is 0 Å². The van der Waals surface area contributed by atoms with Crippen molar-refractivity contribution in [1.29, 1.82) is 0 Å². The molecule has 0 fully saturated rings. The summed E-state index contributed by atoms with van der Waals surface area (Å²) < 4.78 is 3.07. The van der Waals surface area contributed by atoms with Crippen LogP contribution in [-0.2, 0) is 13.5 Å². The Morgan fingerprint density at radius 2 is 2.22 bits per heavy atom. The highest BCUT2D eigenvalue weighted by molar-refractivity contribution is 9.10. The van der Waals surface area contributed by atoms with E-state index in [9.17, 15) is 0 Å². The quantitative estimate of drug-likeness (QED) is 0.934. The van der Waals surface area contributed by atoms with E-state index < -0.39 is 0 Å². The highest BCUT2D eigenvalue weighted by Gasteiger charge is 2.14. The SMILES string of the molecule is Cc1nn(C)c(C)c1CCC(N)c1sccc1Br. The zero-order valence-corrected chi connectivity index (χ0v) is 13.3. The van der Waals surface area contributed by atoms with E-state index in [-0.39, 0.29) is 6.04 Å². The van der Waals surface area contributed by atoms with Gasteiger partial charge in [-0.2, -0.15) is 5.10 Å². The largest absolute Gasteiger partial charge is 0.323 e. The third kappa shape index (κ3) is 2.68. The van der Waals surface area contributed by atoms with Gasteiger partial charge in [0.15, 0.2) is 0 Å². The van der Waals surface area contributed by atoms with E-state index in [4.69, 9.17) is 5.73 Å². The standard InChI is InChI=1S/C13H18BrN3S/c1-8-10(9(2)17(3)16-8)4-5-12(15)13-11(14)6-7-18-13/h6-7,12H,4-5,15H2,1-3H3. The summed E-state index contributed by atoms with van der Waals surface area (Å²) in [5, 5.41) is 6.51. The lowest BCUT2D eigenvalue weighted by Gasteiger charge is -2.10. The molecule has 0 aliphatic heterocycles. The summed E-state index contributed by atoms with van der Waals surface area (Å²) in [5.74, 6) is 0. The fourth-order valence-electron chi connectivity index (χ4n) is 2.18. The van der Waals surface area contributed by atoms with Crippen molar-refractivity contribution in [3.8, 4) is 0 Å². The molecule has 3 nitrogen and oxygen atoms in total. The molecule has 18 heavy (non-hydrogen) atoms. The normalized spacial score (nSPS) is 12.9. The summed E-state index contributed by atoms with van der Waals surface area (Å²) in [6.45, 7) is 4.18. The molecule has 2 heterocycles. The minimum absolute atomic E-state index is 0.0957. The van der Waals surface area contributed by atoms with E-state index in [1.807, 2.05) is 11.7 Å². The zero-order valence-electron chi connectivity index (χ0n) is 10.9. The number of thiophene rings is 1. The minimum Gasteiger partial charge on any atom is -0.323 e. The molecule has 0 amide bonds. The van der Waals surface area contributed by atoms with E-state index in [0.29, 0.717) is 0 Å². The number of hydrogen-bond donors (Lipinski definition) is 1. The number of halogens is 1. The van der Waals surface area contributed by atoms with Gasteiger partial charge in [0, 0.05) is 28.1 Å². The van der Waals surface area contributed by atoms with Crippen LogP contribution in [0.1, 0.15) is 34.3 Å². The van der Waals surface area contributed by atoms with Crippen LogP contribution in [0.3, 0.4) is 0 Å². The van der Waals surface area contributed by atoms with Crippen molar-refractivity contribution >= 4 is 27.3 Å². The number of aryl methyl sites for hydroxylation is 2. The predicted octanol–water partition coefficient (Wildman–Crippen LogP) is 3.49. The van der Waals surface area contributed by atoms with Crippen LogP contribution in [0.25, 0.3) is 0 Å². The summed E-state index contributed by atoms with van der Waals surface area (Å²) >= 11 is 5.25. The molecule has 0 saturated heterocycles. The molecular weight excluding hydrogens is 310 g/mol. The lowest BCUT2D eigenvalue weighted by atomic mass is 10.0. The van der Waals surface area contributed by atoms with Crippen LogP contribution >= 0.6 is 27.3 Å². The zero-order chi connectivity index (χ0) is 13.3. The molecule has 98 valence electrons. The average Bonchev–Trinajstić information content (AvgIpc) is 2.83. The Labute approximate surface area is 120 Å². The Morgan fingerprint density at radius 3 is 2.72 bits per heavy atom. The Morgan fingerprint density at radius 1 is 1.50 bits per heavy atom. The Kier molecular flexibility index (Phi) is 4.25. The molecule has 0 saturated carbocycles. The highest BCUT2D eigenvalue weighted by atomic mass is 79.9. The van der Waals surface area contributed by atoms with E-state index in [0.717, 1.165) is 23.0 Å². The van der Waals surface area contributed by atoms with Gasteiger partial charge in [0.1, 0.15) is 0 Å². The van der Waals surface area contributed by atoms with Gasteiger partial charge in [0.2, 0.25) is 0 Å². The second-order valence-corrected chi connectivity index (χ2v) is 6.35. The highest BCUT2D eigenvalue weighted by Crippen LogP contribution is 2.30. The molecule has 2 aromatic heterocycles. The maximum absolute atomic E-state index is 6.25. The number of aromatic nitrogens is 2. The molecule has 0 bridgehead atoms. The molecule has 0 aliphatic carbocycles. The second kappa shape index (κ2) is 5.55. The van der Waals surface area contributed by atoms with Gasteiger partial charge < -0.3 is 5.73 Å². The monoisotopic (exact) mass is 327 g/mol. The third-order valence-electron chi connectivity index (χ3n) is 3.35. The third-order valence-corrected chi connectivity index (χ3v) is 5.35. The average molecular weight is 328 g/mol. The lowest BCUT2D eigenvalue weighted by Crippen LogP contribution is -2.10. The van der Waals surface area contributed by atoms with Crippen LogP contribution in [0.15, 0.2) is 15.9 Å². The molecule has 0 spiro atoms. The van der Waals surface area contributed by atoms with Crippen molar-refractivity contribution in [3.63, 3.8) is 0 Å². The maximum Gasteiger partial charge on any atom is 0.0628 e. The van der Waals surface area contributed by atoms with Gasteiger partial charge in [0.25, 0.3) is 0 Å². The molecule has 2 rings (SSSR count). The van der Waals surface area contributed by atoms with Gasteiger partial charge in [-0.3, -0.25) is 4.68 Å². The van der Waals surface area contributed by atoms with Gasteiger partial charge in [-0.25, -0.2) is 0 Å². The van der Waals surface area contributed by atoms with E-state index in [1.165, 1.54) is 16.1 Å². The van der Waals surface area contributed by atoms with Gasteiger partial charge in [-0.1, -0.05) is 0 Å². The first kappa shape index (κ1) is 13.8. The Balaban J connectivity index is 2.06. The molecule has 2 aromatic rings. The minimum atomic E-state index is 0.0957. The van der Waals surface area contributed by atoms with Gasteiger partial charge in [-0.15, -0.1) is 11.3 Å². The molecule has 0 aliphatic rings. The van der Waals surface area contributed by atoms with Crippen LogP contribution in [-0.4, -0.2) is 9.78 Å². The number of nitrogens with zero attached hydrogens (tertiary/aromatic N) is 2. The summed E-state index contributed by atoms with van der Waals surface area (Å²) in [5.41, 5.74) is 9.94. The fraction of sp³-hybridized carbons (Fsp3) is 0.462. The Bertz CT molecular complexity index is 544. The summed E-state index contributed by atoms with van der Waals surface area (Å²) in [4.78, 5) is 1.23. The van der Waals surface area contributed by atoms with Gasteiger partial charge >= 0.3 is 0 Å². The molecule has 5 heteroatoms. The van der Waals surface area contributed by atoms with Gasteiger partial charge in [-0.05, 0) is 59.6 Å². The van der Waals surface area contributed by atoms with E-state index in [2.05, 4.69) is 46.3 Å². The number of hydrogen-bond acceptors (Lipinski definition) is 3.